The first-order chi connectivity index (χ1) is 13.2. The lowest BCUT2D eigenvalue weighted by Crippen LogP contribution is -2.51. The van der Waals surface area contributed by atoms with E-state index >= 15 is 0 Å². The molecule has 2 aliphatic rings. The number of nitrogens with zero attached hydrogens (tertiary/aromatic N) is 2. The van der Waals surface area contributed by atoms with Crippen LogP contribution < -0.4 is 10.1 Å². The van der Waals surface area contributed by atoms with Crippen molar-refractivity contribution in [1.29, 1.82) is 0 Å². The van der Waals surface area contributed by atoms with Gasteiger partial charge in [-0.1, -0.05) is 18.2 Å². The quantitative estimate of drug-likeness (QED) is 0.718. The Balaban J connectivity index is 1.30. The van der Waals surface area contributed by atoms with E-state index in [0.717, 1.165) is 51.4 Å². The van der Waals surface area contributed by atoms with Crippen molar-refractivity contribution < 1.29 is 14.6 Å². The van der Waals surface area contributed by atoms with E-state index in [1.807, 2.05) is 35.2 Å². The lowest BCUT2D eigenvalue weighted by molar-refractivity contribution is -0.133. The normalized spacial score (nSPS) is 20.4. The summed E-state index contributed by atoms with van der Waals surface area (Å²) in [5.74, 6) is 1.78. The molecule has 3 rings (SSSR count). The third-order valence-electron chi connectivity index (χ3n) is 5.60. The number of β-amino-alcohol motifs (C(OH)–C–C–N with tert-alkyl or cyclic N) is 1. The Morgan fingerprint density at radius 2 is 1.85 bits per heavy atom. The van der Waals surface area contributed by atoms with E-state index in [2.05, 4.69) is 10.2 Å². The molecule has 1 amide bonds. The largest absolute Gasteiger partial charge is 0.491 e. The summed E-state index contributed by atoms with van der Waals surface area (Å²) in [5, 5.41) is 13.6. The molecule has 2 N–H and O–H groups in total. The maximum absolute atomic E-state index is 12.5. The van der Waals surface area contributed by atoms with E-state index in [-0.39, 0.29) is 0 Å². The summed E-state index contributed by atoms with van der Waals surface area (Å²) < 4.78 is 5.61. The van der Waals surface area contributed by atoms with Crippen LogP contribution in [0.1, 0.15) is 25.7 Å². The number of nitrogens with one attached hydrogen (secondary N) is 1. The maximum atomic E-state index is 12.5. The van der Waals surface area contributed by atoms with Crippen molar-refractivity contribution in [2.45, 2.75) is 31.8 Å². The number of rotatable bonds is 8. The van der Waals surface area contributed by atoms with Gasteiger partial charge in [-0.05, 0) is 50.4 Å². The van der Waals surface area contributed by atoms with Gasteiger partial charge in [0.2, 0.25) is 5.91 Å². The first-order valence-corrected chi connectivity index (χ1v) is 10.3. The van der Waals surface area contributed by atoms with Gasteiger partial charge in [-0.15, -0.1) is 0 Å². The molecule has 2 heterocycles. The van der Waals surface area contributed by atoms with Crippen LogP contribution in [0.5, 0.6) is 5.75 Å². The summed E-state index contributed by atoms with van der Waals surface area (Å²) in [6, 6.07) is 9.56. The summed E-state index contributed by atoms with van der Waals surface area (Å²) in [7, 11) is 0. The number of piperidine rings is 1. The van der Waals surface area contributed by atoms with Crippen LogP contribution in [0, 0.1) is 5.92 Å². The molecule has 0 aliphatic carbocycles. The molecule has 2 saturated heterocycles. The molecule has 6 heteroatoms. The van der Waals surface area contributed by atoms with Crippen LogP contribution in [0.3, 0.4) is 0 Å². The number of carbonyl (C=O) groups is 1. The molecule has 1 aromatic carbocycles. The van der Waals surface area contributed by atoms with Crippen LogP contribution >= 0.6 is 0 Å². The van der Waals surface area contributed by atoms with Gasteiger partial charge in [0.05, 0.1) is 0 Å². The van der Waals surface area contributed by atoms with Crippen molar-refractivity contribution in [3.05, 3.63) is 30.3 Å². The van der Waals surface area contributed by atoms with Crippen molar-refractivity contribution in [2.75, 3.05) is 52.4 Å². The maximum Gasteiger partial charge on any atom is 0.222 e. The molecule has 27 heavy (non-hydrogen) atoms. The summed E-state index contributed by atoms with van der Waals surface area (Å²) in [4.78, 5) is 16.7. The molecular weight excluding hydrogens is 342 g/mol. The van der Waals surface area contributed by atoms with Gasteiger partial charge in [0.1, 0.15) is 18.5 Å². The predicted octanol–water partition coefficient (Wildman–Crippen LogP) is 1.35. The van der Waals surface area contributed by atoms with E-state index < -0.39 is 6.10 Å². The Hall–Kier alpha value is -1.63. The van der Waals surface area contributed by atoms with Crippen molar-refractivity contribution in [1.82, 2.24) is 15.1 Å². The third-order valence-corrected chi connectivity index (χ3v) is 5.60. The molecule has 150 valence electrons. The summed E-state index contributed by atoms with van der Waals surface area (Å²) >= 11 is 0. The number of ether oxygens (including phenoxy) is 1. The number of aliphatic hydroxyl groups excluding tert-OH is 1. The minimum absolute atomic E-state index is 0.291. The van der Waals surface area contributed by atoms with Crippen LogP contribution in [0.4, 0.5) is 0 Å². The molecule has 0 aromatic heterocycles. The third kappa shape index (κ3) is 6.79. The first kappa shape index (κ1) is 20.1. The Bertz CT molecular complexity index is 555. The molecule has 2 fully saturated rings. The highest BCUT2D eigenvalue weighted by atomic mass is 16.5. The van der Waals surface area contributed by atoms with Gasteiger partial charge in [-0.2, -0.15) is 0 Å². The standard InChI is InChI=1S/C21H33N3O3/c25-19(17-27-20-4-2-1-3-5-20)16-23-12-14-24(15-13-23)21(26)7-6-18-8-10-22-11-9-18/h1-5,18-19,22,25H,6-17H2. The van der Waals surface area contributed by atoms with E-state index in [1.54, 1.807) is 0 Å². The average Bonchev–Trinajstić information content (AvgIpc) is 2.72. The summed E-state index contributed by atoms with van der Waals surface area (Å²) in [6.07, 6.45) is 3.58. The fourth-order valence-electron chi connectivity index (χ4n) is 3.90. The summed E-state index contributed by atoms with van der Waals surface area (Å²) in [6.45, 7) is 6.22. The molecule has 1 atom stereocenters. The number of hydrogen-bond acceptors (Lipinski definition) is 5. The molecule has 6 nitrogen and oxygen atoms in total. The highest BCUT2D eigenvalue weighted by molar-refractivity contribution is 5.76. The SMILES string of the molecule is O=C(CCC1CCNCC1)N1CCN(CC(O)COc2ccccc2)CC1. The Labute approximate surface area is 162 Å². The topological polar surface area (TPSA) is 65.0 Å². The van der Waals surface area contributed by atoms with Gasteiger partial charge < -0.3 is 20.1 Å². The Morgan fingerprint density at radius 3 is 2.56 bits per heavy atom. The van der Waals surface area contributed by atoms with Gasteiger partial charge in [-0.3, -0.25) is 9.69 Å². The monoisotopic (exact) mass is 375 g/mol. The van der Waals surface area contributed by atoms with Gasteiger partial charge in [-0.25, -0.2) is 0 Å². The lowest BCUT2D eigenvalue weighted by atomic mass is 9.93. The zero-order valence-corrected chi connectivity index (χ0v) is 16.2. The van der Waals surface area contributed by atoms with Gasteiger partial charge in [0.15, 0.2) is 0 Å². The fourth-order valence-corrected chi connectivity index (χ4v) is 3.90. The highest BCUT2D eigenvalue weighted by Crippen LogP contribution is 2.18. The number of piperazine rings is 1. The van der Waals surface area contributed by atoms with Crippen molar-refractivity contribution in [3.63, 3.8) is 0 Å². The molecule has 0 spiro atoms. The number of amides is 1. The molecule has 1 unspecified atom stereocenters. The number of para-hydroxylation sites is 1. The first-order valence-electron chi connectivity index (χ1n) is 10.3. The Morgan fingerprint density at radius 1 is 1.15 bits per heavy atom. The average molecular weight is 376 g/mol. The summed E-state index contributed by atoms with van der Waals surface area (Å²) in [5.41, 5.74) is 0. The lowest BCUT2D eigenvalue weighted by Gasteiger charge is -2.36. The number of hydrogen-bond donors (Lipinski definition) is 2. The Kier molecular flexibility index (Phi) is 7.93. The fraction of sp³-hybridized carbons (Fsp3) is 0.667. The van der Waals surface area contributed by atoms with E-state index in [1.165, 1.54) is 12.8 Å². The van der Waals surface area contributed by atoms with Crippen LogP contribution in [-0.2, 0) is 4.79 Å². The highest BCUT2D eigenvalue weighted by Gasteiger charge is 2.23. The van der Waals surface area contributed by atoms with Gasteiger partial charge in [0, 0.05) is 39.1 Å². The van der Waals surface area contributed by atoms with Crippen molar-refractivity contribution >= 4 is 5.91 Å². The predicted molar refractivity (Wildman–Crippen MR) is 106 cm³/mol. The molecule has 1 aromatic rings. The van der Waals surface area contributed by atoms with Crippen LogP contribution in [0.15, 0.2) is 30.3 Å². The van der Waals surface area contributed by atoms with Gasteiger partial charge >= 0.3 is 0 Å². The van der Waals surface area contributed by atoms with Crippen molar-refractivity contribution in [2.24, 2.45) is 5.92 Å². The second-order valence-corrected chi connectivity index (χ2v) is 7.69. The smallest absolute Gasteiger partial charge is 0.222 e. The number of aliphatic hydroxyl groups is 1. The van der Waals surface area contributed by atoms with E-state index in [4.69, 9.17) is 4.74 Å². The zero-order valence-electron chi connectivity index (χ0n) is 16.2. The minimum Gasteiger partial charge on any atom is -0.491 e. The zero-order chi connectivity index (χ0) is 18.9. The van der Waals surface area contributed by atoms with E-state index in [0.29, 0.717) is 31.4 Å². The molecule has 0 radical (unpaired) electrons. The molecular formula is C21H33N3O3. The van der Waals surface area contributed by atoms with Gasteiger partial charge in [0.25, 0.3) is 0 Å². The number of benzene rings is 1. The van der Waals surface area contributed by atoms with Crippen molar-refractivity contribution in [3.8, 4) is 5.75 Å². The van der Waals surface area contributed by atoms with E-state index in [9.17, 15) is 9.90 Å². The second-order valence-electron chi connectivity index (χ2n) is 7.69. The molecule has 2 aliphatic heterocycles. The van der Waals surface area contributed by atoms with Crippen LogP contribution in [-0.4, -0.2) is 79.3 Å². The second kappa shape index (κ2) is 10.6. The minimum atomic E-state index is -0.521. The molecule has 0 bridgehead atoms. The number of carbonyl (C=O) groups excluding carboxylic acids is 1. The van der Waals surface area contributed by atoms with Crippen LogP contribution in [0.25, 0.3) is 0 Å². The molecule has 0 saturated carbocycles. The van der Waals surface area contributed by atoms with Crippen LogP contribution in [0.2, 0.25) is 0 Å².